The van der Waals surface area contributed by atoms with E-state index in [9.17, 15) is 0 Å². The van der Waals surface area contributed by atoms with E-state index in [0.717, 1.165) is 26.1 Å². The minimum atomic E-state index is -0.168. The summed E-state index contributed by atoms with van der Waals surface area (Å²) in [7, 11) is 0. The first-order valence-electron chi connectivity index (χ1n) is 6.64. The molecule has 18 heavy (non-hydrogen) atoms. The van der Waals surface area contributed by atoms with Crippen molar-refractivity contribution in [2.24, 2.45) is 0 Å². The van der Waals surface area contributed by atoms with Crippen LogP contribution in [-0.2, 0) is 0 Å². The molecule has 0 aromatic heterocycles. The highest BCUT2D eigenvalue weighted by Crippen LogP contribution is 2.22. The highest BCUT2D eigenvalue weighted by Gasteiger charge is 2.28. The van der Waals surface area contributed by atoms with Gasteiger partial charge in [0.2, 0.25) is 0 Å². The first-order valence-corrected chi connectivity index (χ1v) is 6.64. The zero-order valence-electron chi connectivity index (χ0n) is 11.3. The fraction of sp³-hybridized carbons (Fsp3) is 0.500. The van der Waals surface area contributed by atoms with Crippen molar-refractivity contribution in [3.63, 3.8) is 0 Å². The van der Waals surface area contributed by atoms with Crippen molar-refractivity contribution in [3.05, 3.63) is 35.9 Å². The lowest BCUT2D eigenvalue weighted by atomic mass is 10.0. The summed E-state index contributed by atoms with van der Waals surface area (Å²) in [4.78, 5) is 2.41. The highest BCUT2D eigenvalue weighted by atomic mass is 15.2. The largest absolute Gasteiger partial charge is 0.309 e. The van der Waals surface area contributed by atoms with E-state index in [-0.39, 0.29) is 5.54 Å². The van der Waals surface area contributed by atoms with Crippen LogP contribution in [0.3, 0.4) is 0 Å². The molecule has 1 atom stereocenters. The third kappa shape index (κ3) is 2.93. The molecule has 1 heterocycles. The van der Waals surface area contributed by atoms with Crippen molar-refractivity contribution in [2.75, 3.05) is 19.6 Å². The molecule has 1 aliphatic rings. The van der Waals surface area contributed by atoms with E-state index in [4.69, 9.17) is 6.42 Å². The number of terminal acetylenes is 1. The molecule has 0 saturated carbocycles. The molecular weight excluding hydrogens is 220 g/mol. The Morgan fingerprint density at radius 2 is 2.06 bits per heavy atom. The summed E-state index contributed by atoms with van der Waals surface area (Å²) in [6, 6.07) is 11.0. The molecular formula is C16H22N2. The van der Waals surface area contributed by atoms with E-state index in [1.54, 1.807) is 0 Å². The van der Waals surface area contributed by atoms with Gasteiger partial charge in [0.15, 0.2) is 0 Å². The van der Waals surface area contributed by atoms with E-state index < -0.39 is 0 Å². The van der Waals surface area contributed by atoms with Crippen LogP contribution >= 0.6 is 0 Å². The van der Waals surface area contributed by atoms with Gasteiger partial charge >= 0.3 is 0 Å². The SMILES string of the molecule is C#CC(C)(C)N1CCCNC(c2ccccc2)C1. The van der Waals surface area contributed by atoms with E-state index in [2.05, 4.69) is 60.3 Å². The minimum absolute atomic E-state index is 0.168. The molecule has 1 saturated heterocycles. The summed E-state index contributed by atoms with van der Waals surface area (Å²) in [5, 5.41) is 3.61. The van der Waals surface area contributed by atoms with Gasteiger partial charge in [-0.2, -0.15) is 0 Å². The van der Waals surface area contributed by atoms with E-state index >= 15 is 0 Å². The van der Waals surface area contributed by atoms with Crippen LogP contribution < -0.4 is 5.32 Å². The lowest BCUT2D eigenvalue weighted by molar-refractivity contribution is 0.167. The van der Waals surface area contributed by atoms with Crippen molar-refractivity contribution in [3.8, 4) is 12.3 Å². The van der Waals surface area contributed by atoms with Gasteiger partial charge in [-0.1, -0.05) is 36.3 Å². The van der Waals surface area contributed by atoms with Gasteiger partial charge in [0.25, 0.3) is 0 Å². The van der Waals surface area contributed by atoms with Crippen LogP contribution in [0, 0.1) is 12.3 Å². The van der Waals surface area contributed by atoms with Gasteiger partial charge in [-0.25, -0.2) is 0 Å². The zero-order valence-corrected chi connectivity index (χ0v) is 11.3. The number of hydrogen-bond donors (Lipinski definition) is 1. The summed E-state index contributed by atoms with van der Waals surface area (Å²) in [5.41, 5.74) is 1.18. The van der Waals surface area contributed by atoms with Crippen LogP contribution in [0.15, 0.2) is 30.3 Å². The lowest BCUT2D eigenvalue weighted by Crippen LogP contribution is -2.45. The first-order chi connectivity index (χ1) is 8.63. The topological polar surface area (TPSA) is 15.3 Å². The Morgan fingerprint density at radius 1 is 1.33 bits per heavy atom. The summed E-state index contributed by atoms with van der Waals surface area (Å²) in [6.45, 7) is 7.34. The smallest absolute Gasteiger partial charge is 0.0766 e. The molecule has 0 radical (unpaired) electrons. The molecule has 2 rings (SSSR count). The van der Waals surface area contributed by atoms with Gasteiger partial charge in [-0.3, -0.25) is 4.90 Å². The monoisotopic (exact) mass is 242 g/mol. The molecule has 1 aliphatic heterocycles. The Labute approximate surface area is 110 Å². The van der Waals surface area contributed by atoms with Crippen LogP contribution in [0.2, 0.25) is 0 Å². The molecule has 1 aromatic carbocycles. The maximum absolute atomic E-state index is 5.66. The third-order valence-corrected chi connectivity index (χ3v) is 3.74. The molecule has 2 nitrogen and oxygen atoms in total. The summed E-state index contributed by atoms with van der Waals surface area (Å²) >= 11 is 0. The van der Waals surface area contributed by atoms with Crippen molar-refractivity contribution < 1.29 is 0 Å². The fourth-order valence-corrected chi connectivity index (χ4v) is 2.43. The predicted molar refractivity (Wildman–Crippen MR) is 76.3 cm³/mol. The van der Waals surface area contributed by atoms with Crippen molar-refractivity contribution in [1.29, 1.82) is 0 Å². The quantitative estimate of drug-likeness (QED) is 0.801. The summed E-state index contributed by atoms with van der Waals surface area (Å²) in [6.07, 6.45) is 6.81. The van der Waals surface area contributed by atoms with Crippen LogP contribution in [0.1, 0.15) is 31.9 Å². The van der Waals surface area contributed by atoms with E-state index in [0.29, 0.717) is 6.04 Å². The van der Waals surface area contributed by atoms with Gasteiger partial charge in [0.1, 0.15) is 0 Å². The van der Waals surface area contributed by atoms with Crippen LogP contribution in [-0.4, -0.2) is 30.1 Å². The molecule has 1 N–H and O–H groups in total. The Kier molecular flexibility index (Phi) is 4.06. The first kappa shape index (κ1) is 13.1. The summed E-state index contributed by atoms with van der Waals surface area (Å²) < 4.78 is 0. The average molecular weight is 242 g/mol. The molecule has 0 amide bonds. The molecule has 0 bridgehead atoms. The van der Waals surface area contributed by atoms with Gasteiger partial charge in [-0.05, 0) is 32.4 Å². The molecule has 1 unspecified atom stereocenters. The number of rotatable bonds is 2. The van der Waals surface area contributed by atoms with Crippen LogP contribution in [0.4, 0.5) is 0 Å². The second-order valence-corrected chi connectivity index (χ2v) is 5.42. The van der Waals surface area contributed by atoms with E-state index in [1.807, 2.05) is 0 Å². The summed E-state index contributed by atoms with van der Waals surface area (Å²) in [5.74, 6) is 2.91. The van der Waals surface area contributed by atoms with E-state index in [1.165, 1.54) is 5.56 Å². The molecule has 96 valence electrons. The number of nitrogens with zero attached hydrogens (tertiary/aromatic N) is 1. The Hall–Kier alpha value is -1.30. The van der Waals surface area contributed by atoms with Gasteiger partial charge in [0.05, 0.1) is 5.54 Å². The Balaban J connectivity index is 2.16. The van der Waals surface area contributed by atoms with Gasteiger partial charge in [-0.15, -0.1) is 6.42 Å². The maximum atomic E-state index is 5.66. The average Bonchev–Trinajstić information content (AvgIpc) is 2.66. The lowest BCUT2D eigenvalue weighted by Gasteiger charge is -2.35. The molecule has 0 aliphatic carbocycles. The number of nitrogens with one attached hydrogen (secondary N) is 1. The van der Waals surface area contributed by atoms with Crippen molar-refractivity contribution >= 4 is 0 Å². The standard InChI is InChI=1S/C16H22N2/c1-4-16(2,3)18-12-8-11-17-15(13-18)14-9-6-5-7-10-14/h1,5-7,9-10,15,17H,8,11-13H2,2-3H3. The van der Waals surface area contributed by atoms with Gasteiger partial charge in [0, 0.05) is 19.1 Å². The third-order valence-electron chi connectivity index (χ3n) is 3.74. The van der Waals surface area contributed by atoms with Crippen molar-refractivity contribution in [2.45, 2.75) is 31.8 Å². The van der Waals surface area contributed by atoms with Crippen LogP contribution in [0.5, 0.6) is 0 Å². The predicted octanol–water partition coefficient (Wildman–Crippen LogP) is 2.43. The Morgan fingerprint density at radius 3 is 2.72 bits per heavy atom. The van der Waals surface area contributed by atoms with Crippen molar-refractivity contribution in [1.82, 2.24) is 10.2 Å². The molecule has 1 aromatic rings. The minimum Gasteiger partial charge on any atom is -0.309 e. The maximum Gasteiger partial charge on any atom is 0.0766 e. The zero-order chi connectivity index (χ0) is 13.0. The second kappa shape index (κ2) is 5.56. The fourth-order valence-electron chi connectivity index (χ4n) is 2.43. The Bertz CT molecular complexity index is 416. The molecule has 0 spiro atoms. The molecule has 2 heteroatoms. The number of hydrogen-bond acceptors (Lipinski definition) is 2. The molecule has 1 fully saturated rings. The second-order valence-electron chi connectivity index (χ2n) is 5.42. The van der Waals surface area contributed by atoms with Gasteiger partial charge < -0.3 is 5.32 Å². The number of benzene rings is 1. The normalized spacial score (nSPS) is 22.2. The highest BCUT2D eigenvalue weighted by molar-refractivity contribution is 5.20. The van der Waals surface area contributed by atoms with Crippen LogP contribution in [0.25, 0.3) is 0 Å².